The third kappa shape index (κ3) is 4.73. The number of halogens is 1. The molecule has 0 saturated carbocycles. The Kier molecular flexibility index (Phi) is 5.90. The van der Waals surface area contributed by atoms with Crippen molar-refractivity contribution in [1.29, 1.82) is 0 Å². The fourth-order valence-corrected chi connectivity index (χ4v) is 3.03. The fourth-order valence-electron chi connectivity index (χ4n) is 2.38. The van der Waals surface area contributed by atoms with E-state index < -0.39 is 5.82 Å². The van der Waals surface area contributed by atoms with Crippen LogP contribution in [0.15, 0.2) is 46.3 Å². The van der Waals surface area contributed by atoms with Crippen molar-refractivity contribution in [2.45, 2.75) is 25.7 Å². The van der Waals surface area contributed by atoms with Crippen molar-refractivity contribution in [2.75, 3.05) is 6.54 Å². The number of rotatable bonds is 8. The number of hydrogen-bond acceptors (Lipinski definition) is 5. The number of unbranched alkanes of at least 4 members (excludes halogenated alkanes) is 2. The van der Waals surface area contributed by atoms with Gasteiger partial charge in [-0.25, -0.2) is 4.39 Å². The van der Waals surface area contributed by atoms with E-state index in [2.05, 4.69) is 15.5 Å². The molecule has 2 heterocycles. The fraction of sp³-hybridized carbons (Fsp3) is 0.278. The first-order valence-corrected chi connectivity index (χ1v) is 9.01. The Labute approximate surface area is 148 Å². The third-order valence-electron chi connectivity index (χ3n) is 3.68. The monoisotopic (exact) mass is 359 g/mol. The smallest absolute Gasteiger partial charge is 0.254 e. The Hall–Kier alpha value is -2.54. The molecule has 0 aliphatic heterocycles. The van der Waals surface area contributed by atoms with Gasteiger partial charge in [-0.3, -0.25) is 4.79 Å². The van der Waals surface area contributed by atoms with Gasteiger partial charge >= 0.3 is 0 Å². The molecule has 7 heteroatoms. The number of nitrogens with zero attached hydrogens (tertiary/aromatic N) is 2. The Morgan fingerprint density at radius 1 is 1.16 bits per heavy atom. The zero-order valence-electron chi connectivity index (χ0n) is 13.6. The zero-order chi connectivity index (χ0) is 17.5. The van der Waals surface area contributed by atoms with Crippen LogP contribution in [-0.2, 0) is 6.42 Å². The number of aromatic nitrogens is 2. The molecule has 1 N–H and O–H groups in total. The molecule has 3 aromatic rings. The van der Waals surface area contributed by atoms with Gasteiger partial charge in [0, 0.05) is 13.0 Å². The van der Waals surface area contributed by atoms with Crippen LogP contribution >= 0.6 is 11.3 Å². The van der Waals surface area contributed by atoms with Gasteiger partial charge in [0.15, 0.2) is 0 Å². The van der Waals surface area contributed by atoms with Gasteiger partial charge in [-0.15, -0.1) is 11.3 Å². The minimum absolute atomic E-state index is 0.0782. The van der Waals surface area contributed by atoms with E-state index in [1.165, 1.54) is 12.1 Å². The Morgan fingerprint density at radius 2 is 2.04 bits per heavy atom. The number of benzene rings is 1. The van der Waals surface area contributed by atoms with Gasteiger partial charge < -0.3 is 9.84 Å². The summed E-state index contributed by atoms with van der Waals surface area (Å²) in [6.45, 7) is 0.511. The summed E-state index contributed by atoms with van der Waals surface area (Å²) in [5.41, 5.74) is 0.0782. The average molecular weight is 359 g/mol. The maximum absolute atomic E-state index is 13.5. The van der Waals surface area contributed by atoms with Gasteiger partial charge in [-0.1, -0.05) is 29.8 Å². The van der Waals surface area contributed by atoms with Crippen molar-refractivity contribution in [1.82, 2.24) is 15.5 Å². The Bertz CT molecular complexity index is 817. The lowest BCUT2D eigenvalue weighted by Gasteiger charge is -2.05. The summed E-state index contributed by atoms with van der Waals surface area (Å²) in [7, 11) is 0. The molecule has 25 heavy (non-hydrogen) atoms. The normalized spacial score (nSPS) is 10.8. The van der Waals surface area contributed by atoms with E-state index >= 15 is 0 Å². The third-order valence-corrected chi connectivity index (χ3v) is 4.55. The van der Waals surface area contributed by atoms with E-state index in [9.17, 15) is 9.18 Å². The van der Waals surface area contributed by atoms with Crippen molar-refractivity contribution in [2.24, 2.45) is 0 Å². The van der Waals surface area contributed by atoms with Gasteiger partial charge in [0.1, 0.15) is 5.82 Å². The minimum Gasteiger partial charge on any atom is -0.352 e. The highest BCUT2D eigenvalue weighted by Crippen LogP contribution is 2.21. The summed E-state index contributed by atoms with van der Waals surface area (Å²) in [6.07, 6.45) is 3.32. The summed E-state index contributed by atoms with van der Waals surface area (Å²) in [5.74, 6) is 0.370. The molecular weight excluding hydrogens is 341 g/mol. The molecule has 0 aliphatic carbocycles. The lowest BCUT2D eigenvalue weighted by molar-refractivity contribution is 0.0949. The predicted molar refractivity (Wildman–Crippen MR) is 93.9 cm³/mol. The van der Waals surface area contributed by atoms with Crippen LogP contribution in [0.3, 0.4) is 0 Å². The standard InChI is InChI=1S/C18H18FN3O2S/c19-14-8-4-3-7-13(14)18(23)20-11-5-1-2-10-16-21-17(22-24-16)15-9-6-12-25-15/h3-4,6-9,12H,1-2,5,10-11H2,(H,20,23). The van der Waals surface area contributed by atoms with Crippen molar-refractivity contribution >= 4 is 17.2 Å². The number of aryl methyl sites for hydroxylation is 1. The molecule has 1 amide bonds. The van der Waals surface area contributed by atoms with Crippen molar-refractivity contribution in [3.05, 3.63) is 59.0 Å². The Morgan fingerprint density at radius 3 is 2.84 bits per heavy atom. The molecule has 0 fully saturated rings. The molecule has 2 aromatic heterocycles. The number of carbonyl (C=O) groups excluding carboxylic acids is 1. The van der Waals surface area contributed by atoms with Crippen LogP contribution in [0.25, 0.3) is 10.7 Å². The van der Waals surface area contributed by atoms with E-state index in [-0.39, 0.29) is 11.5 Å². The maximum atomic E-state index is 13.5. The SMILES string of the molecule is O=C(NCCCCCc1nc(-c2cccs2)no1)c1ccccc1F. The second-order valence-electron chi connectivity index (χ2n) is 5.54. The highest BCUT2D eigenvalue weighted by Gasteiger charge is 2.10. The molecular formula is C18H18FN3O2S. The van der Waals surface area contributed by atoms with Crippen LogP contribution in [0, 0.1) is 5.82 Å². The van der Waals surface area contributed by atoms with E-state index in [4.69, 9.17) is 4.52 Å². The molecule has 130 valence electrons. The van der Waals surface area contributed by atoms with Crippen LogP contribution < -0.4 is 5.32 Å². The number of thiophene rings is 1. The predicted octanol–water partition coefficient (Wildman–Crippen LogP) is 4.08. The van der Waals surface area contributed by atoms with E-state index in [1.807, 2.05) is 17.5 Å². The summed E-state index contributed by atoms with van der Waals surface area (Å²) in [6, 6.07) is 9.87. The van der Waals surface area contributed by atoms with E-state index in [0.717, 1.165) is 24.1 Å². The summed E-state index contributed by atoms with van der Waals surface area (Å²) in [5, 5.41) is 8.68. The minimum atomic E-state index is -0.502. The van der Waals surface area contributed by atoms with E-state index in [0.29, 0.717) is 24.7 Å². The second-order valence-corrected chi connectivity index (χ2v) is 6.48. The number of hydrogen-bond donors (Lipinski definition) is 1. The quantitative estimate of drug-likeness (QED) is 0.615. The first kappa shape index (κ1) is 17.3. The van der Waals surface area contributed by atoms with Crippen molar-refractivity contribution in [3.8, 4) is 10.7 Å². The van der Waals surface area contributed by atoms with Gasteiger partial charge in [-0.05, 0) is 36.4 Å². The first-order valence-electron chi connectivity index (χ1n) is 8.13. The molecule has 3 rings (SSSR count). The van der Waals surface area contributed by atoms with Crippen LogP contribution in [0.1, 0.15) is 35.5 Å². The van der Waals surface area contributed by atoms with E-state index in [1.54, 1.807) is 23.5 Å². The van der Waals surface area contributed by atoms with Crippen LogP contribution in [-0.4, -0.2) is 22.6 Å². The number of carbonyl (C=O) groups is 1. The highest BCUT2D eigenvalue weighted by atomic mass is 32.1. The van der Waals surface area contributed by atoms with Gasteiger partial charge in [0.2, 0.25) is 11.7 Å². The van der Waals surface area contributed by atoms with Crippen LogP contribution in [0.5, 0.6) is 0 Å². The molecule has 0 bridgehead atoms. The molecule has 0 atom stereocenters. The topological polar surface area (TPSA) is 68.0 Å². The molecule has 1 aromatic carbocycles. The van der Waals surface area contributed by atoms with Crippen LogP contribution in [0.4, 0.5) is 4.39 Å². The highest BCUT2D eigenvalue weighted by molar-refractivity contribution is 7.13. The molecule has 0 radical (unpaired) electrons. The summed E-state index contributed by atoms with van der Waals surface area (Å²) in [4.78, 5) is 17.2. The average Bonchev–Trinajstić information content (AvgIpc) is 3.29. The van der Waals surface area contributed by atoms with Crippen molar-refractivity contribution in [3.63, 3.8) is 0 Å². The summed E-state index contributed by atoms with van der Waals surface area (Å²) < 4.78 is 18.7. The van der Waals surface area contributed by atoms with Crippen molar-refractivity contribution < 1.29 is 13.7 Å². The number of nitrogens with one attached hydrogen (secondary N) is 1. The maximum Gasteiger partial charge on any atom is 0.254 e. The molecule has 0 unspecified atom stereocenters. The second kappa shape index (κ2) is 8.53. The summed E-state index contributed by atoms with van der Waals surface area (Å²) >= 11 is 1.57. The zero-order valence-corrected chi connectivity index (χ0v) is 14.4. The van der Waals surface area contributed by atoms with Gasteiger partial charge in [-0.2, -0.15) is 4.98 Å². The Balaban J connectivity index is 1.34. The molecule has 0 aliphatic rings. The van der Waals surface area contributed by atoms with Gasteiger partial charge in [0.25, 0.3) is 5.91 Å². The van der Waals surface area contributed by atoms with Gasteiger partial charge in [0.05, 0.1) is 10.4 Å². The lowest BCUT2D eigenvalue weighted by atomic mass is 10.1. The lowest BCUT2D eigenvalue weighted by Crippen LogP contribution is -2.25. The molecule has 0 spiro atoms. The first-order chi connectivity index (χ1) is 12.2. The van der Waals surface area contributed by atoms with Crippen LogP contribution in [0.2, 0.25) is 0 Å². The molecule has 5 nitrogen and oxygen atoms in total. The number of amides is 1. The molecule has 0 saturated heterocycles. The largest absolute Gasteiger partial charge is 0.352 e.